The fraction of sp³-hybridized carbons (Fsp3) is 0.0588. The third kappa shape index (κ3) is 2.98. The Labute approximate surface area is 143 Å². The number of hydrogen-bond donors (Lipinski definition) is 1. The second-order valence-corrected chi connectivity index (χ2v) is 5.53. The number of hydrogen-bond acceptors (Lipinski definition) is 3. The highest BCUT2D eigenvalue weighted by Crippen LogP contribution is 2.32. The van der Waals surface area contributed by atoms with Crippen LogP contribution in [-0.4, -0.2) is 15.7 Å². The van der Waals surface area contributed by atoms with Crippen molar-refractivity contribution in [2.45, 2.75) is 6.92 Å². The third-order valence-corrected chi connectivity index (χ3v) is 3.68. The van der Waals surface area contributed by atoms with Crippen LogP contribution in [0.25, 0.3) is 10.7 Å². The van der Waals surface area contributed by atoms with Crippen LogP contribution in [0.5, 0.6) is 0 Å². The minimum absolute atomic E-state index is 0.194. The van der Waals surface area contributed by atoms with Gasteiger partial charge in [0.15, 0.2) is 10.7 Å². The van der Waals surface area contributed by atoms with Gasteiger partial charge in [0, 0.05) is 10.6 Å². The summed E-state index contributed by atoms with van der Waals surface area (Å²) in [6, 6.07) is 15.7. The van der Waals surface area contributed by atoms with Gasteiger partial charge in [-0.3, -0.25) is 10.1 Å². The van der Waals surface area contributed by atoms with Crippen LogP contribution in [-0.2, 0) is 0 Å². The van der Waals surface area contributed by atoms with Gasteiger partial charge in [-0.2, -0.15) is 5.10 Å². The fourth-order valence-electron chi connectivity index (χ4n) is 2.31. The molecule has 1 N–H and O–H groups in total. The number of diazo groups is 1. The first kappa shape index (κ1) is 15.7. The number of carbonyl (C=O) groups excluding carboxylic acids is 1. The van der Waals surface area contributed by atoms with Gasteiger partial charge in [-0.05, 0) is 37.3 Å². The van der Waals surface area contributed by atoms with Crippen LogP contribution >= 0.6 is 11.6 Å². The number of anilines is 1. The van der Waals surface area contributed by atoms with Crippen molar-refractivity contribution in [2.75, 3.05) is 5.32 Å². The van der Waals surface area contributed by atoms with Crippen molar-refractivity contribution >= 4 is 29.0 Å². The molecule has 1 heterocycles. The molecule has 0 radical (unpaired) electrons. The quantitative estimate of drug-likeness (QED) is 0.711. The van der Waals surface area contributed by atoms with Crippen molar-refractivity contribution in [3.63, 3.8) is 0 Å². The second-order valence-electron chi connectivity index (χ2n) is 5.09. The Morgan fingerprint density at radius 3 is 2.62 bits per heavy atom. The molecule has 0 aliphatic rings. The average molecular weight is 339 g/mol. The highest BCUT2D eigenvalue weighted by molar-refractivity contribution is 6.30. The maximum Gasteiger partial charge on any atom is 0.449 e. The number of aryl methyl sites for hydroxylation is 1. The maximum atomic E-state index is 12.4. The summed E-state index contributed by atoms with van der Waals surface area (Å²) >= 11 is 6.03. The van der Waals surface area contributed by atoms with Crippen molar-refractivity contribution in [3.8, 4) is 5.69 Å². The molecule has 24 heavy (non-hydrogen) atoms. The summed E-state index contributed by atoms with van der Waals surface area (Å²) < 4.78 is 1.48. The van der Waals surface area contributed by atoms with Crippen LogP contribution in [0.2, 0.25) is 5.02 Å². The summed E-state index contributed by atoms with van der Waals surface area (Å²) in [5.41, 5.74) is 1.79. The lowest BCUT2D eigenvalue weighted by atomic mass is 10.2. The predicted octanol–water partition coefficient (Wildman–Crippen LogP) is 4.57. The molecule has 2 aromatic carbocycles. The molecule has 0 aliphatic heterocycles. The summed E-state index contributed by atoms with van der Waals surface area (Å²) in [6.07, 6.45) is 0. The van der Waals surface area contributed by atoms with Gasteiger partial charge in [-0.15, -0.1) is 0 Å². The summed E-state index contributed by atoms with van der Waals surface area (Å²) in [7, 11) is 0. The molecule has 3 aromatic rings. The van der Waals surface area contributed by atoms with E-state index < -0.39 is 0 Å². The normalized spacial score (nSPS) is 10.2. The molecule has 7 heteroatoms. The third-order valence-electron chi connectivity index (χ3n) is 3.45. The minimum atomic E-state index is -0.330. The van der Waals surface area contributed by atoms with E-state index in [9.17, 15) is 10.2 Å². The van der Waals surface area contributed by atoms with Gasteiger partial charge in [0.25, 0.3) is 5.91 Å². The number of benzene rings is 2. The zero-order valence-corrected chi connectivity index (χ0v) is 13.5. The van der Waals surface area contributed by atoms with Crippen LogP contribution < -0.4 is 5.32 Å². The molecule has 118 valence electrons. The first-order chi connectivity index (χ1) is 11.6. The van der Waals surface area contributed by atoms with E-state index in [1.165, 1.54) is 4.68 Å². The van der Waals surface area contributed by atoms with Crippen molar-refractivity contribution in [2.24, 2.45) is 0 Å². The molecule has 0 spiro atoms. The minimum Gasteiger partial charge on any atom is -0.300 e. The topological polar surface area (TPSA) is 75.1 Å². The largest absolute Gasteiger partial charge is 0.449 e. The molecule has 0 unspecified atom stereocenters. The molecule has 1 amide bonds. The molecule has 0 fully saturated rings. The van der Waals surface area contributed by atoms with Crippen LogP contribution in [0.1, 0.15) is 16.1 Å². The van der Waals surface area contributed by atoms with E-state index >= 15 is 0 Å². The van der Waals surface area contributed by atoms with Crippen LogP contribution in [0.3, 0.4) is 0 Å². The monoisotopic (exact) mass is 338 g/mol. The summed E-state index contributed by atoms with van der Waals surface area (Å²) in [6.45, 7) is 1.69. The molecular weight excluding hydrogens is 326 g/mol. The van der Waals surface area contributed by atoms with Gasteiger partial charge in [-0.25, -0.2) is 4.68 Å². The van der Waals surface area contributed by atoms with Gasteiger partial charge in [-0.1, -0.05) is 35.9 Å². The highest BCUT2D eigenvalue weighted by Gasteiger charge is 2.28. The number of nitrogens with one attached hydrogen (secondary N) is 1. The number of carbonyl (C=O) groups is 1. The van der Waals surface area contributed by atoms with E-state index in [2.05, 4.69) is 15.4 Å². The zero-order valence-electron chi connectivity index (χ0n) is 12.8. The standard InChI is InChI=1S/C17H12ClN5O/c1-11-15(21-19)16(20-17(24)12-6-3-2-4-7-12)23(22-11)14-9-5-8-13(18)10-14/h2-10H,1H3/p+1. The SMILES string of the molecule is Cc1nn(-c2cccc(Cl)c2)c(NC(=O)c2ccccc2)c1[N+]#N. The molecule has 0 atom stereocenters. The van der Waals surface area contributed by atoms with Gasteiger partial charge >= 0.3 is 5.69 Å². The number of nitrogens with zero attached hydrogens (tertiary/aromatic N) is 4. The first-order valence-corrected chi connectivity index (χ1v) is 7.55. The maximum absolute atomic E-state index is 12.4. The van der Waals surface area contributed by atoms with E-state index in [-0.39, 0.29) is 17.4 Å². The van der Waals surface area contributed by atoms with Crippen molar-refractivity contribution in [1.29, 1.82) is 5.39 Å². The van der Waals surface area contributed by atoms with Crippen molar-refractivity contribution in [3.05, 3.63) is 75.9 Å². The molecule has 0 aliphatic carbocycles. The molecule has 0 saturated heterocycles. The van der Waals surface area contributed by atoms with E-state index in [4.69, 9.17) is 11.6 Å². The van der Waals surface area contributed by atoms with E-state index in [0.29, 0.717) is 22.0 Å². The molecule has 6 nitrogen and oxygen atoms in total. The fourth-order valence-corrected chi connectivity index (χ4v) is 2.50. The lowest BCUT2D eigenvalue weighted by Crippen LogP contribution is -2.15. The molecule has 3 rings (SSSR count). The number of amides is 1. The van der Waals surface area contributed by atoms with Crippen LogP contribution in [0.4, 0.5) is 11.5 Å². The molecular formula is C17H13ClN5O+. The molecule has 1 aromatic heterocycles. The zero-order chi connectivity index (χ0) is 17.1. The average Bonchev–Trinajstić information content (AvgIpc) is 2.91. The molecule has 0 bridgehead atoms. The molecule has 0 saturated carbocycles. The van der Waals surface area contributed by atoms with Crippen molar-refractivity contribution < 1.29 is 4.79 Å². The predicted molar refractivity (Wildman–Crippen MR) is 92.5 cm³/mol. The number of aromatic nitrogens is 2. The Balaban J connectivity index is 2.06. The van der Waals surface area contributed by atoms with E-state index in [1.54, 1.807) is 55.5 Å². The van der Waals surface area contributed by atoms with Crippen LogP contribution in [0, 0.1) is 12.3 Å². The van der Waals surface area contributed by atoms with Crippen LogP contribution in [0.15, 0.2) is 54.6 Å². The van der Waals surface area contributed by atoms with Gasteiger partial charge in [0.1, 0.15) is 0 Å². The smallest absolute Gasteiger partial charge is 0.300 e. The Kier molecular flexibility index (Phi) is 4.27. The highest BCUT2D eigenvalue weighted by atomic mass is 35.5. The Morgan fingerprint density at radius 2 is 1.96 bits per heavy atom. The van der Waals surface area contributed by atoms with Gasteiger partial charge in [0.05, 0.1) is 5.69 Å². The van der Waals surface area contributed by atoms with Gasteiger partial charge < -0.3 is 0 Å². The Hall–Kier alpha value is -3.17. The summed E-state index contributed by atoms with van der Waals surface area (Å²) in [5, 5.41) is 16.9. The summed E-state index contributed by atoms with van der Waals surface area (Å²) in [5.74, 6) is -0.0604. The Bertz CT molecular complexity index is 943. The second kappa shape index (κ2) is 6.52. The Morgan fingerprint density at radius 1 is 1.21 bits per heavy atom. The van der Waals surface area contributed by atoms with E-state index in [0.717, 1.165) is 0 Å². The number of halogens is 1. The van der Waals surface area contributed by atoms with Gasteiger partial charge in [0.2, 0.25) is 11.2 Å². The summed E-state index contributed by atoms with van der Waals surface area (Å²) in [4.78, 5) is 15.7. The lowest BCUT2D eigenvalue weighted by molar-refractivity contribution is 0.102. The lowest BCUT2D eigenvalue weighted by Gasteiger charge is -2.07. The van der Waals surface area contributed by atoms with Crippen molar-refractivity contribution in [1.82, 2.24) is 9.78 Å². The number of rotatable bonds is 3. The first-order valence-electron chi connectivity index (χ1n) is 7.17. The van der Waals surface area contributed by atoms with E-state index in [1.807, 2.05) is 6.07 Å².